The van der Waals surface area contributed by atoms with Crippen LogP contribution in [-0.4, -0.2) is 47.5 Å². The standard InChI is InChI=1S/C20H19N5O3S3/c1-24(2)31(27,28)17-11-10-15(30-17)13-21-20(26)18-22-19(16-9-6-12-29-16)25(23-18)14-7-4-3-5-8-14/h3-12H,13H2,1-2H3,(H,21,26). The van der Waals surface area contributed by atoms with Crippen LogP contribution in [0, 0.1) is 0 Å². The largest absolute Gasteiger partial charge is 0.344 e. The fourth-order valence-corrected chi connectivity index (χ4v) is 5.90. The van der Waals surface area contributed by atoms with Gasteiger partial charge in [-0.15, -0.1) is 27.8 Å². The van der Waals surface area contributed by atoms with Crippen molar-refractivity contribution in [3.05, 3.63) is 70.7 Å². The van der Waals surface area contributed by atoms with Crippen molar-refractivity contribution in [2.45, 2.75) is 10.8 Å². The van der Waals surface area contributed by atoms with Crippen LogP contribution in [0.4, 0.5) is 0 Å². The van der Waals surface area contributed by atoms with Gasteiger partial charge in [0.2, 0.25) is 5.82 Å². The number of nitrogens with zero attached hydrogens (tertiary/aromatic N) is 4. The van der Waals surface area contributed by atoms with Gasteiger partial charge in [0.05, 0.1) is 17.1 Å². The van der Waals surface area contributed by atoms with Crippen LogP contribution in [0.15, 0.2) is 64.2 Å². The third kappa shape index (κ3) is 4.44. The first kappa shape index (κ1) is 21.4. The van der Waals surface area contributed by atoms with Gasteiger partial charge >= 0.3 is 0 Å². The smallest absolute Gasteiger partial charge is 0.291 e. The minimum Gasteiger partial charge on any atom is -0.344 e. The molecule has 0 unspecified atom stereocenters. The fourth-order valence-electron chi connectivity index (χ4n) is 2.74. The molecule has 3 heterocycles. The van der Waals surface area contributed by atoms with Crippen molar-refractivity contribution in [3.63, 3.8) is 0 Å². The molecule has 4 rings (SSSR count). The van der Waals surface area contributed by atoms with Crippen molar-refractivity contribution in [3.8, 4) is 16.4 Å². The summed E-state index contributed by atoms with van der Waals surface area (Å²) in [6.45, 7) is 0.181. The number of sulfonamides is 1. The van der Waals surface area contributed by atoms with Crippen molar-refractivity contribution in [1.29, 1.82) is 0 Å². The molecule has 31 heavy (non-hydrogen) atoms. The van der Waals surface area contributed by atoms with Crippen LogP contribution in [0.3, 0.4) is 0 Å². The maximum atomic E-state index is 12.7. The van der Waals surface area contributed by atoms with Gasteiger partial charge in [0.25, 0.3) is 15.9 Å². The quantitative estimate of drug-likeness (QED) is 0.444. The summed E-state index contributed by atoms with van der Waals surface area (Å²) in [5.74, 6) is 0.199. The second kappa shape index (κ2) is 8.71. The second-order valence-corrected chi connectivity index (χ2v) is 11.2. The Labute approximate surface area is 187 Å². The molecule has 0 radical (unpaired) electrons. The Kier molecular flexibility index (Phi) is 6.01. The zero-order chi connectivity index (χ0) is 22.0. The number of hydrogen-bond donors (Lipinski definition) is 1. The summed E-state index contributed by atoms with van der Waals surface area (Å²) in [4.78, 5) is 18.8. The molecule has 0 saturated heterocycles. The SMILES string of the molecule is CN(C)S(=O)(=O)c1ccc(CNC(=O)c2nc(-c3cccs3)n(-c3ccccc3)n2)s1. The van der Waals surface area contributed by atoms with Gasteiger partial charge in [0.1, 0.15) is 4.21 Å². The molecule has 0 aliphatic rings. The van der Waals surface area contributed by atoms with Crippen LogP contribution in [0.2, 0.25) is 0 Å². The van der Waals surface area contributed by atoms with Crippen LogP contribution in [-0.2, 0) is 16.6 Å². The predicted octanol–water partition coefficient (Wildman–Crippen LogP) is 3.24. The Hall–Kier alpha value is -2.86. The zero-order valence-electron chi connectivity index (χ0n) is 16.7. The molecule has 0 spiro atoms. The van der Waals surface area contributed by atoms with Gasteiger partial charge in [0.15, 0.2) is 5.82 Å². The van der Waals surface area contributed by atoms with Crippen LogP contribution in [0.25, 0.3) is 16.4 Å². The molecule has 0 aliphatic carbocycles. The van der Waals surface area contributed by atoms with E-state index in [0.29, 0.717) is 5.82 Å². The highest BCUT2D eigenvalue weighted by Crippen LogP contribution is 2.26. The summed E-state index contributed by atoms with van der Waals surface area (Å²) in [6.07, 6.45) is 0. The number of carbonyl (C=O) groups excluding carboxylic acids is 1. The first-order valence-corrected chi connectivity index (χ1v) is 12.4. The van der Waals surface area contributed by atoms with Crippen molar-refractivity contribution >= 4 is 38.6 Å². The molecule has 0 bridgehead atoms. The van der Waals surface area contributed by atoms with Gasteiger partial charge in [-0.1, -0.05) is 24.3 Å². The Bertz CT molecular complexity index is 1290. The van der Waals surface area contributed by atoms with E-state index in [4.69, 9.17) is 0 Å². The molecule has 160 valence electrons. The van der Waals surface area contributed by atoms with E-state index in [1.54, 1.807) is 16.8 Å². The van der Waals surface area contributed by atoms with Crippen LogP contribution >= 0.6 is 22.7 Å². The average molecular weight is 474 g/mol. The minimum atomic E-state index is -3.49. The van der Waals surface area contributed by atoms with E-state index in [9.17, 15) is 13.2 Å². The molecule has 1 amide bonds. The number of benzene rings is 1. The van der Waals surface area contributed by atoms with Gasteiger partial charge in [-0.3, -0.25) is 4.79 Å². The highest BCUT2D eigenvalue weighted by molar-refractivity contribution is 7.91. The lowest BCUT2D eigenvalue weighted by molar-refractivity contribution is 0.0941. The molecule has 0 aliphatic heterocycles. The van der Waals surface area contributed by atoms with Crippen molar-refractivity contribution in [1.82, 2.24) is 24.4 Å². The molecular formula is C20H19N5O3S3. The number of nitrogens with one attached hydrogen (secondary N) is 1. The first-order chi connectivity index (χ1) is 14.9. The van der Waals surface area contributed by atoms with E-state index < -0.39 is 15.9 Å². The molecule has 0 atom stereocenters. The fraction of sp³-hybridized carbons (Fsp3) is 0.150. The third-order valence-corrected chi connectivity index (χ3v) is 8.58. The molecule has 1 aromatic carbocycles. The number of carbonyl (C=O) groups is 1. The monoisotopic (exact) mass is 473 g/mol. The van der Waals surface area contributed by atoms with Gasteiger partial charge < -0.3 is 5.32 Å². The van der Waals surface area contributed by atoms with Crippen molar-refractivity contribution < 1.29 is 13.2 Å². The molecule has 3 aromatic heterocycles. The van der Waals surface area contributed by atoms with Gasteiger partial charge in [-0.25, -0.2) is 22.4 Å². The van der Waals surface area contributed by atoms with E-state index >= 15 is 0 Å². The van der Waals surface area contributed by atoms with Gasteiger partial charge in [0, 0.05) is 19.0 Å². The van der Waals surface area contributed by atoms with E-state index in [0.717, 1.165) is 31.1 Å². The number of thiophene rings is 2. The lowest BCUT2D eigenvalue weighted by Crippen LogP contribution is -2.23. The minimum absolute atomic E-state index is 0.0462. The summed E-state index contributed by atoms with van der Waals surface area (Å²) in [5.41, 5.74) is 0.800. The first-order valence-electron chi connectivity index (χ1n) is 9.22. The van der Waals surface area contributed by atoms with Crippen LogP contribution < -0.4 is 5.32 Å². The van der Waals surface area contributed by atoms with Crippen molar-refractivity contribution in [2.24, 2.45) is 0 Å². The second-order valence-electron chi connectivity index (χ2n) is 6.67. The number of amides is 1. The summed E-state index contributed by atoms with van der Waals surface area (Å²) < 4.78 is 27.5. The summed E-state index contributed by atoms with van der Waals surface area (Å²) >= 11 is 2.63. The lowest BCUT2D eigenvalue weighted by Gasteiger charge is -2.08. The zero-order valence-corrected chi connectivity index (χ0v) is 19.2. The number of rotatable bonds is 7. The lowest BCUT2D eigenvalue weighted by atomic mass is 10.3. The Balaban J connectivity index is 1.55. The molecular weight excluding hydrogens is 454 g/mol. The van der Waals surface area contributed by atoms with Crippen molar-refractivity contribution in [2.75, 3.05) is 14.1 Å². The summed E-state index contributed by atoms with van der Waals surface area (Å²) in [6, 6.07) is 16.6. The highest BCUT2D eigenvalue weighted by Gasteiger charge is 2.21. The van der Waals surface area contributed by atoms with E-state index in [-0.39, 0.29) is 16.6 Å². The summed E-state index contributed by atoms with van der Waals surface area (Å²) in [7, 11) is -0.527. The maximum absolute atomic E-state index is 12.7. The molecule has 1 N–H and O–H groups in total. The summed E-state index contributed by atoms with van der Waals surface area (Å²) in [5, 5.41) is 9.13. The molecule has 0 saturated carbocycles. The molecule has 8 nitrogen and oxygen atoms in total. The molecule has 4 aromatic rings. The normalized spacial score (nSPS) is 11.7. The average Bonchev–Trinajstić information content (AvgIpc) is 3.53. The molecule has 0 fully saturated rings. The number of hydrogen-bond acceptors (Lipinski definition) is 7. The van der Waals surface area contributed by atoms with E-state index in [2.05, 4.69) is 15.4 Å². The third-order valence-electron chi connectivity index (χ3n) is 4.35. The number of aromatic nitrogens is 3. The highest BCUT2D eigenvalue weighted by atomic mass is 32.2. The Morgan fingerprint density at radius 3 is 2.55 bits per heavy atom. The molecule has 11 heteroatoms. The van der Waals surface area contributed by atoms with Crippen LogP contribution in [0.1, 0.15) is 15.5 Å². The number of para-hydroxylation sites is 1. The topological polar surface area (TPSA) is 97.2 Å². The van der Waals surface area contributed by atoms with Crippen LogP contribution in [0.5, 0.6) is 0 Å². The van der Waals surface area contributed by atoms with E-state index in [1.807, 2.05) is 47.8 Å². The predicted molar refractivity (Wildman–Crippen MR) is 121 cm³/mol. The van der Waals surface area contributed by atoms with Gasteiger partial charge in [-0.2, -0.15) is 0 Å². The Morgan fingerprint density at radius 2 is 1.87 bits per heavy atom. The van der Waals surface area contributed by atoms with E-state index in [1.165, 1.54) is 25.4 Å². The Morgan fingerprint density at radius 1 is 1.10 bits per heavy atom. The van der Waals surface area contributed by atoms with Gasteiger partial charge in [-0.05, 0) is 35.7 Å². The maximum Gasteiger partial charge on any atom is 0.291 e.